The topological polar surface area (TPSA) is 75.7 Å². The number of anilines is 1. The molecule has 1 unspecified atom stereocenters. The number of hydrogen-bond acceptors (Lipinski definition) is 4. The molecular formula is C18H21ClN2O4S. The van der Waals surface area contributed by atoms with Gasteiger partial charge in [0.15, 0.2) is 0 Å². The molecule has 2 aromatic carbocycles. The smallest absolute Gasteiger partial charge is 0.243 e. The first-order valence-electron chi connectivity index (χ1n) is 7.99. The number of ether oxygens (including phenoxy) is 1. The van der Waals surface area contributed by atoms with Crippen LogP contribution in [0.4, 0.5) is 5.69 Å². The van der Waals surface area contributed by atoms with Crippen molar-refractivity contribution in [3.8, 4) is 5.75 Å². The molecule has 1 amide bonds. The van der Waals surface area contributed by atoms with Gasteiger partial charge in [0.05, 0.1) is 18.5 Å². The number of carbonyl (C=O) groups excluding carboxylic acids is 1. The summed E-state index contributed by atoms with van der Waals surface area (Å²) in [6, 6.07) is 14.5. The van der Waals surface area contributed by atoms with Crippen LogP contribution in [0.15, 0.2) is 54.6 Å². The molecule has 0 aliphatic heterocycles. The molecule has 8 heteroatoms. The lowest BCUT2D eigenvalue weighted by molar-refractivity contribution is -0.121. The normalized spacial score (nSPS) is 12.3. The van der Waals surface area contributed by atoms with Crippen LogP contribution in [0.2, 0.25) is 5.02 Å². The maximum absolute atomic E-state index is 12.4. The Balaban J connectivity index is 1.93. The summed E-state index contributed by atoms with van der Waals surface area (Å²) in [4.78, 5) is 12.4. The van der Waals surface area contributed by atoms with Crippen LogP contribution in [0.1, 0.15) is 6.92 Å². The zero-order valence-electron chi connectivity index (χ0n) is 14.6. The molecule has 0 spiro atoms. The van der Waals surface area contributed by atoms with Crippen LogP contribution in [-0.4, -0.2) is 39.8 Å². The van der Waals surface area contributed by atoms with Crippen LogP contribution in [0, 0.1) is 0 Å². The Morgan fingerprint density at radius 1 is 1.15 bits per heavy atom. The number of carbonyl (C=O) groups is 1. The van der Waals surface area contributed by atoms with Gasteiger partial charge in [-0.25, -0.2) is 8.42 Å². The summed E-state index contributed by atoms with van der Waals surface area (Å²) >= 11 is 5.80. The van der Waals surface area contributed by atoms with E-state index in [2.05, 4.69) is 5.32 Å². The number of amides is 1. The third-order valence-corrected chi connectivity index (χ3v) is 5.08. The van der Waals surface area contributed by atoms with E-state index in [1.165, 1.54) is 0 Å². The Morgan fingerprint density at radius 2 is 1.77 bits per heavy atom. The van der Waals surface area contributed by atoms with Crippen LogP contribution in [0.25, 0.3) is 0 Å². The number of hydrogen-bond donors (Lipinski definition) is 1. The van der Waals surface area contributed by atoms with Crippen molar-refractivity contribution in [2.75, 3.05) is 23.7 Å². The highest BCUT2D eigenvalue weighted by molar-refractivity contribution is 7.92. The highest BCUT2D eigenvalue weighted by Crippen LogP contribution is 2.20. The number of rotatable bonds is 8. The summed E-state index contributed by atoms with van der Waals surface area (Å²) in [5, 5.41) is 3.30. The van der Waals surface area contributed by atoms with Crippen molar-refractivity contribution in [2.24, 2.45) is 0 Å². The predicted octanol–water partition coefficient (Wildman–Crippen LogP) is 2.69. The first kappa shape index (κ1) is 20.1. The van der Waals surface area contributed by atoms with Crippen molar-refractivity contribution in [1.29, 1.82) is 0 Å². The van der Waals surface area contributed by atoms with Gasteiger partial charge in [0.25, 0.3) is 0 Å². The van der Waals surface area contributed by atoms with Crippen LogP contribution < -0.4 is 14.4 Å². The van der Waals surface area contributed by atoms with Crippen molar-refractivity contribution in [3.63, 3.8) is 0 Å². The van der Waals surface area contributed by atoms with E-state index < -0.39 is 22.0 Å². The van der Waals surface area contributed by atoms with Gasteiger partial charge in [0, 0.05) is 5.02 Å². The zero-order chi connectivity index (χ0) is 19.2. The molecule has 0 aromatic heterocycles. The number of para-hydroxylation sites is 1. The van der Waals surface area contributed by atoms with E-state index in [4.69, 9.17) is 16.3 Å². The molecule has 26 heavy (non-hydrogen) atoms. The molecular weight excluding hydrogens is 376 g/mol. The molecule has 0 bridgehead atoms. The van der Waals surface area contributed by atoms with E-state index in [-0.39, 0.29) is 13.2 Å². The Hall–Kier alpha value is -2.25. The van der Waals surface area contributed by atoms with E-state index in [0.717, 1.165) is 10.6 Å². The minimum atomic E-state index is -3.61. The average Bonchev–Trinajstić information content (AvgIpc) is 2.60. The van der Waals surface area contributed by atoms with E-state index in [9.17, 15) is 13.2 Å². The van der Waals surface area contributed by atoms with E-state index in [0.29, 0.717) is 16.5 Å². The number of sulfonamides is 1. The van der Waals surface area contributed by atoms with Crippen molar-refractivity contribution >= 4 is 33.2 Å². The van der Waals surface area contributed by atoms with Gasteiger partial charge >= 0.3 is 0 Å². The lowest BCUT2D eigenvalue weighted by Gasteiger charge is -2.28. The van der Waals surface area contributed by atoms with Crippen LogP contribution >= 0.6 is 11.6 Å². The summed E-state index contributed by atoms with van der Waals surface area (Å²) in [6.07, 6.45) is 1.08. The van der Waals surface area contributed by atoms with Gasteiger partial charge in [-0.3, -0.25) is 9.10 Å². The second kappa shape index (κ2) is 8.91. The Kier molecular flexibility index (Phi) is 6.88. The van der Waals surface area contributed by atoms with Crippen molar-refractivity contribution in [2.45, 2.75) is 13.0 Å². The van der Waals surface area contributed by atoms with Gasteiger partial charge in [0.1, 0.15) is 18.4 Å². The minimum absolute atomic E-state index is 0.248. The average molecular weight is 397 g/mol. The molecule has 2 aromatic rings. The highest BCUT2D eigenvalue weighted by Gasteiger charge is 2.28. The minimum Gasteiger partial charge on any atom is -0.492 e. The standard InChI is InChI=1S/C18H21ClN2O4S/c1-14(21(26(2,23)24)16-6-4-3-5-7-16)18(22)20-12-13-25-17-10-8-15(19)9-11-17/h3-11,14H,12-13H2,1-2H3,(H,20,22). The van der Waals surface area contributed by atoms with Gasteiger partial charge in [-0.05, 0) is 43.3 Å². The fourth-order valence-electron chi connectivity index (χ4n) is 2.41. The van der Waals surface area contributed by atoms with E-state index >= 15 is 0 Å². The van der Waals surface area contributed by atoms with Gasteiger partial charge in [-0.15, -0.1) is 0 Å². The highest BCUT2D eigenvalue weighted by atomic mass is 35.5. The Labute approximate surface area is 158 Å². The third kappa shape index (κ3) is 5.64. The summed E-state index contributed by atoms with van der Waals surface area (Å²) in [6.45, 7) is 2.05. The molecule has 0 fully saturated rings. The fourth-order valence-corrected chi connectivity index (χ4v) is 3.71. The van der Waals surface area contributed by atoms with Crippen LogP contribution in [0.5, 0.6) is 5.75 Å². The summed E-state index contributed by atoms with van der Waals surface area (Å²) in [5.41, 5.74) is 0.440. The summed E-state index contributed by atoms with van der Waals surface area (Å²) in [7, 11) is -3.61. The van der Waals surface area contributed by atoms with Crippen molar-refractivity contribution < 1.29 is 17.9 Å². The maximum atomic E-state index is 12.4. The number of benzene rings is 2. The fraction of sp³-hybridized carbons (Fsp3) is 0.278. The number of nitrogens with zero attached hydrogens (tertiary/aromatic N) is 1. The van der Waals surface area contributed by atoms with Crippen LogP contribution in [-0.2, 0) is 14.8 Å². The zero-order valence-corrected chi connectivity index (χ0v) is 16.1. The van der Waals surface area contributed by atoms with Gasteiger partial charge in [-0.2, -0.15) is 0 Å². The molecule has 6 nitrogen and oxygen atoms in total. The van der Waals surface area contributed by atoms with E-state index in [1.54, 1.807) is 61.5 Å². The Bertz CT molecular complexity index is 826. The van der Waals surface area contributed by atoms with Crippen LogP contribution in [0.3, 0.4) is 0 Å². The molecule has 0 aliphatic rings. The molecule has 1 N–H and O–H groups in total. The lowest BCUT2D eigenvalue weighted by Crippen LogP contribution is -2.48. The molecule has 0 aliphatic carbocycles. The molecule has 0 saturated carbocycles. The summed E-state index contributed by atoms with van der Waals surface area (Å²) < 4.78 is 30.9. The van der Waals surface area contributed by atoms with Crippen molar-refractivity contribution in [3.05, 3.63) is 59.6 Å². The summed E-state index contributed by atoms with van der Waals surface area (Å²) in [5.74, 6) is 0.234. The maximum Gasteiger partial charge on any atom is 0.243 e. The largest absolute Gasteiger partial charge is 0.492 e. The third-order valence-electron chi connectivity index (χ3n) is 3.58. The monoisotopic (exact) mass is 396 g/mol. The van der Waals surface area contributed by atoms with Crippen molar-refractivity contribution in [1.82, 2.24) is 5.32 Å². The molecule has 2 rings (SSSR count). The first-order valence-corrected chi connectivity index (χ1v) is 10.2. The molecule has 0 heterocycles. The quantitative estimate of drug-likeness (QED) is 0.696. The van der Waals surface area contributed by atoms with Gasteiger partial charge < -0.3 is 10.1 Å². The SMILES string of the molecule is CC(C(=O)NCCOc1ccc(Cl)cc1)N(c1ccccc1)S(C)(=O)=O. The molecule has 0 saturated heterocycles. The van der Waals surface area contributed by atoms with E-state index in [1.807, 2.05) is 0 Å². The molecule has 0 radical (unpaired) electrons. The van der Waals surface area contributed by atoms with Gasteiger partial charge in [0.2, 0.25) is 15.9 Å². The first-order chi connectivity index (χ1) is 12.3. The lowest BCUT2D eigenvalue weighted by atomic mass is 10.2. The predicted molar refractivity (Wildman–Crippen MR) is 103 cm³/mol. The number of nitrogens with one attached hydrogen (secondary N) is 1. The molecule has 1 atom stereocenters. The Morgan fingerprint density at radius 3 is 2.35 bits per heavy atom. The molecule has 140 valence electrons. The van der Waals surface area contributed by atoms with Gasteiger partial charge in [-0.1, -0.05) is 29.8 Å². The number of halogens is 1. The second-order valence-electron chi connectivity index (χ2n) is 5.66. The second-order valence-corrected chi connectivity index (χ2v) is 7.96.